The summed E-state index contributed by atoms with van der Waals surface area (Å²) >= 11 is 0. The number of rotatable bonds is 1. The number of Topliss-reactive ketones (excluding diaryl/α,β-unsaturated/α-hetero) is 1. The van der Waals surface area contributed by atoms with E-state index < -0.39 is 24.0 Å². The smallest absolute Gasteiger partial charge is 0.311 e. The third-order valence-electron chi connectivity index (χ3n) is 3.82. The Hall–Kier alpha value is -2.76. The fourth-order valence-corrected chi connectivity index (χ4v) is 2.58. The topological polar surface area (TPSA) is 63.4 Å². The number of alkyl halides is 2. The van der Waals surface area contributed by atoms with Crippen LogP contribution in [0.5, 0.6) is 0 Å². The van der Waals surface area contributed by atoms with Gasteiger partial charge in [-0.25, -0.2) is 0 Å². The van der Waals surface area contributed by atoms with Crippen molar-refractivity contribution in [2.75, 3.05) is 17.2 Å². The van der Waals surface area contributed by atoms with Crippen LogP contribution in [0.25, 0.3) is 0 Å². The molecule has 2 N–H and O–H groups in total. The number of para-hydroxylation sites is 1. The van der Waals surface area contributed by atoms with Crippen LogP contribution in [0, 0.1) is 0 Å². The molecule has 3 rings (SSSR count). The van der Waals surface area contributed by atoms with E-state index in [0.29, 0.717) is 11.3 Å². The van der Waals surface area contributed by atoms with Crippen LogP contribution < -0.4 is 10.6 Å². The van der Waals surface area contributed by atoms with E-state index in [1.165, 1.54) is 35.2 Å². The van der Waals surface area contributed by atoms with Crippen LogP contribution in [0.3, 0.4) is 0 Å². The SMILES string of the molecule is Nc1ccc(C(=O)N2CCC(F)(F)C(=O)c3ccccc32)cc1. The zero-order valence-electron chi connectivity index (χ0n) is 12.1. The van der Waals surface area contributed by atoms with E-state index in [-0.39, 0.29) is 17.8 Å². The van der Waals surface area contributed by atoms with E-state index >= 15 is 0 Å². The Bertz CT molecular complexity index is 772. The highest BCUT2D eigenvalue weighted by Crippen LogP contribution is 2.34. The van der Waals surface area contributed by atoms with Gasteiger partial charge in [-0.1, -0.05) is 12.1 Å². The van der Waals surface area contributed by atoms with Gasteiger partial charge in [-0.15, -0.1) is 0 Å². The Morgan fingerprint density at radius 1 is 1.09 bits per heavy atom. The Labute approximate surface area is 131 Å². The summed E-state index contributed by atoms with van der Waals surface area (Å²) in [5.41, 5.74) is 6.48. The molecule has 23 heavy (non-hydrogen) atoms. The van der Waals surface area contributed by atoms with Crippen LogP contribution in [-0.2, 0) is 0 Å². The van der Waals surface area contributed by atoms with Gasteiger partial charge in [0.15, 0.2) is 0 Å². The van der Waals surface area contributed by atoms with Crippen LogP contribution in [0.15, 0.2) is 48.5 Å². The molecule has 0 spiro atoms. The molecule has 1 amide bonds. The summed E-state index contributed by atoms with van der Waals surface area (Å²) in [7, 11) is 0. The molecule has 1 heterocycles. The lowest BCUT2D eigenvalue weighted by Gasteiger charge is -2.22. The van der Waals surface area contributed by atoms with Gasteiger partial charge in [0, 0.05) is 29.8 Å². The predicted octanol–water partition coefficient (Wildman–Crippen LogP) is 3.14. The van der Waals surface area contributed by atoms with Gasteiger partial charge < -0.3 is 10.6 Å². The quantitative estimate of drug-likeness (QED) is 0.822. The summed E-state index contributed by atoms with van der Waals surface area (Å²) < 4.78 is 27.8. The minimum Gasteiger partial charge on any atom is -0.399 e. The van der Waals surface area contributed by atoms with Gasteiger partial charge in [-0.3, -0.25) is 9.59 Å². The normalized spacial score (nSPS) is 16.6. The number of amides is 1. The van der Waals surface area contributed by atoms with Gasteiger partial charge in [-0.2, -0.15) is 8.78 Å². The van der Waals surface area contributed by atoms with Crippen molar-refractivity contribution < 1.29 is 18.4 Å². The molecule has 0 atom stereocenters. The number of fused-ring (bicyclic) bond motifs is 1. The number of halogens is 2. The minimum atomic E-state index is -3.48. The monoisotopic (exact) mass is 316 g/mol. The number of hydrogen-bond acceptors (Lipinski definition) is 3. The molecule has 0 bridgehead atoms. The lowest BCUT2D eigenvalue weighted by molar-refractivity contribution is 0.00748. The highest BCUT2D eigenvalue weighted by molar-refractivity contribution is 6.13. The molecule has 0 unspecified atom stereocenters. The average molecular weight is 316 g/mol. The second kappa shape index (κ2) is 5.46. The number of nitrogen functional groups attached to an aromatic ring is 1. The van der Waals surface area contributed by atoms with E-state index in [9.17, 15) is 18.4 Å². The first kappa shape index (κ1) is 15.1. The lowest BCUT2D eigenvalue weighted by Crippen LogP contribution is -2.33. The molecule has 0 aromatic heterocycles. The summed E-state index contributed by atoms with van der Waals surface area (Å²) in [6, 6.07) is 12.1. The number of carbonyl (C=O) groups is 2. The molecule has 0 saturated carbocycles. The van der Waals surface area contributed by atoms with Crippen molar-refractivity contribution in [3.8, 4) is 0 Å². The number of carbonyl (C=O) groups excluding carboxylic acids is 2. The summed E-state index contributed by atoms with van der Waals surface area (Å²) in [5.74, 6) is -5.17. The summed E-state index contributed by atoms with van der Waals surface area (Å²) in [6.07, 6.45) is -0.707. The van der Waals surface area contributed by atoms with Gasteiger partial charge in [0.05, 0.1) is 5.69 Å². The van der Waals surface area contributed by atoms with Crippen LogP contribution in [-0.4, -0.2) is 24.2 Å². The minimum absolute atomic E-state index is 0.140. The highest BCUT2D eigenvalue weighted by Gasteiger charge is 2.44. The maximum Gasteiger partial charge on any atom is 0.311 e. The number of hydrogen-bond donors (Lipinski definition) is 1. The summed E-state index contributed by atoms with van der Waals surface area (Å²) in [6.45, 7) is -0.237. The Morgan fingerprint density at radius 3 is 2.43 bits per heavy atom. The molecule has 0 aliphatic carbocycles. The number of nitrogens with zero attached hydrogens (tertiary/aromatic N) is 1. The molecule has 0 radical (unpaired) electrons. The van der Waals surface area contributed by atoms with E-state index in [4.69, 9.17) is 5.73 Å². The van der Waals surface area contributed by atoms with E-state index in [2.05, 4.69) is 0 Å². The van der Waals surface area contributed by atoms with Crippen LogP contribution >= 0.6 is 0 Å². The Morgan fingerprint density at radius 2 is 1.74 bits per heavy atom. The molecular weight excluding hydrogens is 302 g/mol. The van der Waals surface area contributed by atoms with E-state index in [0.717, 1.165) is 0 Å². The second-order valence-corrected chi connectivity index (χ2v) is 5.38. The molecule has 118 valence electrons. The first-order valence-corrected chi connectivity index (χ1v) is 7.09. The van der Waals surface area contributed by atoms with Crippen LogP contribution in [0.1, 0.15) is 27.1 Å². The standard InChI is InChI=1S/C17H14F2N2O2/c18-17(19)9-10-21(14-4-2-1-3-13(14)15(17)22)16(23)11-5-7-12(20)8-6-11/h1-8H,9-10,20H2. The van der Waals surface area contributed by atoms with Crippen LogP contribution in [0.4, 0.5) is 20.2 Å². The molecule has 1 aliphatic heterocycles. The zero-order chi connectivity index (χ0) is 16.6. The van der Waals surface area contributed by atoms with Crippen molar-refractivity contribution in [1.82, 2.24) is 0 Å². The summed E-state index contributed by atoms with van der Waals surface area (Å²) in [5, 5.41) is 0. The number of nitrogens with two attached hydrogens (primary N) is 1. The Balaban J connectivity index is 2.06. The second-order valence-electron chi connectivity index (χ2n) is 5.38. The molecule has 2 aromatic carbocycles. The predicted molar refractivity (Wildman–Crippen MR) is 82.9 cm³/mol. The third-order valence-corrected chi connectivity index (χ3v) is 3.82. The van der Waals surface area contributed by atoms with Crippen molar-refractivity contribution in [1.29, 1.82) is 0 Å². The largest absolute Gasteiger partial charge is 0.399 e. The summed E-state index contributed by atoms with van der Waals surface area (Å²) in [4.78, 5) is 25.9. The van der Waals surface area contributed by atoms with Crippen molar-refractivity contribution in [3.05, 3.63) is 59.7 Å². The molecule has 4 nitrogen and oxygen atoms in total. The molecular formula is C17H14F2N2O2. The molecule has 6 heteroatoms. The van der Waals surface area contributed by atoms with Gasteiger partial charge in [0.25, 0.3) is 5.91 Å². The van der Waals surface area contributed by atoms with E-state index in [1.807, 2.05) is 0 Å². The Kier molecular flexibility index (Phi) is 3.60. The molecule has 0 fully saturated rings. The number of anilines is 2. The van der Waals surface area contributed by atoms with Crippen molar-refractivity contribution in [2.45, 2.75) is 12.3 Å². The fourth-order valence-electron chi connectivity index (χ4n) is 2.58. The molecule has 2 aromatic rings. The van der Waals surface area contributed by atoms with Crippen molar-refractivity contribution >= 4 is 23.1 Å². The van der Waals surface area contributed by atoms with Crippen molar-refractivity contribution in [2.24, 2.45) is 0 Å². The zero-order valence-corrected chi connectivity index (χ0v) is 12.1. The van der Waals surface area contributed by atoms with Gasteiger partial charge in [-0.05, 0) is 36.4 Å². The van der Waals surface area contributed by atoms with Gasteiger partial charge in [0.2, 0.25) is 5.78 Å². The third kappa shape index (κ3) is 2.67. The highest BCUT2D eigenvalue weighted by atomic mass is 19.3. The average Bonchev–Trinajstić information content (AvgIpc) is 2.64. The molecule has 0 saturated heterocycles. The number of ketones is 1. The van der Waals surface area contributed by atoms with Crippen molar-refractivity contribution in [3.63, 3.8) is 0 Å². The van der Waals surface area contributed by atoms with E-state index in [1.54, 1.807) is 18.2 Å². The van der Waals surface area contributed by atoms with Gasteiger partial charge >= 0.3 is 5.92 Å². The van der Waals surface area contributed by atoms with Crippen LogP contribution in [0.2, 0.25) is 0 Å². The lowest BCUT2D eigenvalue weighted by atomic mass is 10.0. The fraction of sp³-hybridized carbons (Fsp3) is 0.176. The maximum atomic E-state index is 13.9. The maximum absolute atomic E-state index is 13.9. The van der Waals surface area contributed by atoms with Gasteiger partial charge in [0.1, 0.15) is 0 Å². The first-order chi connectivity index (χ1) is 10.9. The number of benzene rings is 2. The first-order valence-electron chi connectivity index (χ1n) is 7.09. The molecule has 1 aliphatic rings.